The van der Waals surface area contributed by atoms with Crippen LogP contribution in [-0.2, 0) is 13.0 Å². The second-order valence-corrected chi connectivity index (χ2v) is 10.3. The van der Waals surface area contributed by atoms with Crippen molar-refractivity contribution < 1.29 is 9.18 Å². The van der Waals surface area contributed by atoms with Crippen molar-refractivity contribution in [2.45, 2.75) is 46.6 Å². The standard InChI is InChI=1S/C38H37FN2O/c1-4-7-8-9-10-14-28(5-2)26-41(38(42)32-22-21-30(6-3)37(39)24-32)27-29-19-20-33(25-40)36(23-29)35-18-13-16-31-15-11-12-17-34(31)35/h5,8-24H,4,6-7,26-27H2,1-3H3/b9-8+,14-10-,28-5+. The molecule has 3 nitrogen and oxygen atoms in total. The molecule has 0 atom stereocenters. The third-order valence-corrected chi connectivity index (χ3v) is 7.38. The van der Waals surface area contributed by atoms with Crippen LogP contribution >= 0.6 is 0 Å². The van der Waals surface area contributed by atoms with E-state index in [1.54, 1.807) is 17.0 Å². The molecule has 4 rings (SSSR count). The van der Waals surface area contributed by atoms with E-state index in [1.165, 1.54) is 6.07 Å². The predicted molar refractivity (Wildman–Crippen MR) is 172 cm³/mol. The Labute approximate surface area is 248 Å². The van der Waals surface area contributed by atoms with Gasteiger partial charge in [-0.15, -0.1) is 0 Å². The Morgan fingerprint density at radius 2 is 1.76 bits per heavy atom. The van der Waals surface area contributed by atoms with Crippen molar-refractivity contribution in [1.82, 2.24) is 4.90 Å². The van der Waals surface area contributed by atoms with Gasteiger partial charge >= 0.3 is 0 Å². The third-order valence-electron chi connectivity index (χ3n) is 7.38. The first-order chi connectivity index (χ1) is 20.5. The molecule has 0 unspecified atom stereocenters. The Balaban J connectivity index is 1.72. The summed E-state index contributed by atoms with van der Waals surface area (Å²) >= 11 is 0. The number of carbonyl (C=O) groups is 1. The Hall–Kier alpha value is -4.75. The lowest BCUT2D eigenvalue weighted by Crippen LogP contribution is -2.32. The number of hydrogen-bond acceptors (Lipinski definition) is 2. The summed E-state index contributed by atoms with van der Waals surface area (Å²) in [5.41, 5.74) is 5.12. The van der Waals surface area contributed by atoms with Gasteiger partial charge in [-0.05, 0) is 77.1 Å². The maximum absolute atomic E-state index is 14.7. The molecule has 0 bridgehead atoms. The van der Waals surface area contributed by atoms with E-state index >= 15 is 0 Å². The highest BCUT2D eigenvalue weighted by atomic mass is 19.1. The first kappa shape index (κ1) is 30.2. The van der Waals surface area contributed by atoms with Crippen molar-refractivity contribution in [3.05, 3.63) is 143 Å². The predicted octanol–water partition coefficient (Wildman–Crippen LogP) is 9.58. The fourth-order valence-corrected chi connectivity index (χ4v) is 5.02. The zero-order valence-corrected chi connectivity index (χ0v) is 24.6. The fraction of sp³-hybridized carbons (Fsp3) is 0.211. The van der Waals surface area contributed by atoms with Gasteiger partial charge < -0.3 is 4.90 Å². The molecular formula is C38H37FN2O. The number of halogens is 1. The normalized spacial score (nSPS) is 11.8. The molecule has 0 spiro atoms. The van der Waals surface area contributed by atoms with Gasteiger partial charge in [0.15, 0.2) is 0 Å². The summed E-state index contributed by atoms with van der Waals surface area (Å²) in [5.74, 6) is -0.617. The van der Waals surface area contributed by atoms with Crippen LogP contribution in [0.4, 0.5) is 4.39 Å². The molecule has 4 aromatic rings. The zero-order valence-electron chi connectivity index (χ0n) is 24.6. The fourth-order valence-electron chi connectivity index (χ4n) is 5.02. The van der Waals surface area contributed by atoms with Crippen molar-refractivity contribution in [2.24, 2.45) is 0 Å². The Morgan fingerprint density at radius 1 is 0.952 bits per heavy atom. The SMILES string of the molecule is C\C=C(/C=C\C=C\CCC)CN(Cc1ccc(C#N)c(-c2cccc3ccccc23)c1)C(=O)c1ccc(CC)c(F)c1. The van der Waals surface area contributed by atoms with Gasteiger partial charge in [-0.25, -0.2) is 4.39 Å². The summed E-state index contributed by atoms with van der Waals surface area (Å²) in [4.78, 5) is 15.6. The topological polar surface area (TPSA) is 44.1 Å². The summed E-state index contributed by atoms with van der Waals surface area (Å²) in [6, 6.07) is 27.0. The number of carbonyl (C=O) groups excluding carboxylic acids is 1. The van der Waals surface area contributed by atoms with E-state index in [0.717, 1.165) is 45.9 Å². The van der Waals surface area contributed by atoms with Gasteiger partial charge in [-0.1, -0.05) is 105 Å². The number of nitriles is 1. The number of unbranched alkanes of at least 4 members (excludes halogenated alkanes) is 1. The number of hydrogen-bond donors (Lipinski definition) is 0. The van der Waals surface area contributed by atoms with Crippen molar-refractivity contribution in [1.29, 1.82) is 5.26 Å². The van der Waals surface area contributed by atoms with Crippen molar-refractivity contribution in [2.75, 3.05) is 6.54 Å². The maximum atomic E-state index is 14.7. The van der Waals surface area contributed by atoms with Gasteiger partial charge in [-0.3, -0.25) is 4.79 Å². The van der Waals surface area contributed by atoms with Gasteiger partial charge in [0.05, 0.1) is 11.6 Å². The number of nitrogens with zero attached hydrogens (tertiary/aromatic N) is 2. The first-order valence-electron chi connectivity index (χ1n) is 14.6. The molecule has 1 amide bonds. The lowest BCUT2D eigenvalue weighted by molar-refractivity contribution is 0.0759. The minimum Gasteiger partial charge on any atom is -0.330 e. The summed E-state index contributed by atoms with van der Waals surface area (Å²) < 4.78 is 14.7. The third kappa shape index (κ3) is 7.30. The molecule has 0 aliphatic heterocycles. The van der Waals surface area contributed by atoms with E-state index in [9.17, 15) is 14.4 Å². The minimum atomic E-state index is -0.368. The molecule has 0 fully saturated rings. The van der Waals surface area contributed by atoms with Crippen molar-refractivity contribution >= 4 is 16.7 Å². The molecule has 0 aliphatic carbocycles. The van der Waals surface area contributed by atoms with Gasteiger partial charge in [0.2, 0.25) is 0 Å². The van der Waals surface area contributed by atoms with Gasteiger partial charge in [-0.2, -0.15) is 5.26 Å². The van der Waals surface area contributed by atoms with Gasteiger partial charge in [0.1, 0.15) is 5.82 Å². The van der Waals surface area contributed by atoms with Crippen molar-refractivity contribution in [3.8, 4) is 17.2 Å². The second-order valence-electron chi connectivity index (χ2n) is 10.3. The van der Waals surface area contributed by atoms with E-state index < -0.39 is 0 Å². The smallest absolute Gasteiger partial charge is 0.254 e. The Morgan fingerprint density at radius 3 is 2.50 bits per heavy atom. The Kier molecular flexibility index (Phi) is 10.6. The molecule has 0 radical (unpaired) electrons. The highest BCUT2D eigenvalue weighted by molar-refractivity contribution is 5.98. The molecule has 0 aliphatic rings. The highest BCUT2D eigenvalue weighted by Gasteiger charge is 2.20. The number of aryl methyl sites for hydroxylation is 1. The largest absolute Gasteiger partial charge is 0.330 e. The van der Waals surface area contributed by atoms with Crippen LogP contribution in [0.15, 0.2) is 115 Å². The van der Waals surface area contributed by atoms with E-state index in [4.69, 9.17) is 0 Å². The van der Waals surface area contributed by atoms with Crippen LogP contribution in [0, 0.1) is 17.1 Å². The maximum Gasteiger partial charge on any atom is 0.254 e. The van der Waals surface area contributed by atoms with E-state index in [0.29, 0.717) is 36.2 Å². The summed E-state index contributed by atoms with van der Waals surface area (Å²) in [6.45, 7) is 6.64. The summed E-state index contributed by atoms with van der Waals surface area (Å²) in [7, 11) is 0. The molecule has 42 heavy (non-hydrogen) atoms. The number of amides is 1. The molecule has 0 saturated heterocycles. The number of allylic oxidation sites excluding steroid dienone is 4. The van der Waals surface area contributed by atoms with E-state index in [-0.39, 0.29) is 11.7 Å². The average Bonchev–Trinajstić information content (AvgIpc) is 3.02. The van der Waals surface area contributed by atoms with Crippen LogP contribution in [0.3, 0.4) is 0 Å². The van der Waals surface area contributed by atoms with Crippen LogP contribution in [0.5, 0.6) is 0 Å². The molecule has 212 valence electrons. The summed E-state index contributed by atoms with van der Waals surface area (Å²) in [6.07, 6.45) is 12.8. The number of rotatable bonds is 11. The van der Waals surface area contributed by atoms with Crippen molar-refractivity contribution in [3.63, 3.8) is 0 Å². The lowest BCUT2D eigenvalue weighted by Gasteiger charge is -2.24. The molecule has 0 aromatic heterocycles. The molecule has 4 aromatic carbocycles. The zero-order chi connectivity index (χ0) is 29.9. The monoisotopic (exact) mass is 556 g/mol. The first-order valence-corrected chi connectivity index (χ1v) is 14.6. The lowest BCUT2D eigenvalue weighted by atomic mass is 9.93. The molecular weight excluding hydrogens is 519 g/mol. The van der Waals surface area contributed by atoms with E-state index in [1.807, 2.05) is 80.6 Å². The van der Waals surface area contributed by atoms with E-state index in [2.05, 4.69) is 37.3 Å². The van der Waals surface area contributed by atoms with Crippen LogP contribution in [0.25, 0.3) is 21.9 Å². The Bertz CT molecular complexity index is 1680. The second kappa shape index (κ2) is 14.8. The average molecular weight is 557 g/mol. The summed E-state index contributed by atoms with van der Waals surface area (Å²) in [5, 5.41) is 12.1. The minimum absolute atomic E-state index is 0.248. The number of benzene rings is 4. The van der Waals surface area contributed by atoms with Gasteiger partial charge in [0.25, 0.3) is 5.91 Å². The van der Waals surface area contributed by atoms with Crippen LogP contribution in [0.1, 0.15) is 60.7 Å². The van der Waals surface area contributed by atoms with Crippen LogP contribution < -0.4 is 0 Å². The molecule has 0 heterocycles. The highest BCUT2D eigenvalue weighted by Crippen LogP contribution is 2.32. The molecule has 0 N–H and O–H groups in total. The quantitative estimate of drug-likeness (QED) is 0.173. The van der Waals surface area contributed by atoms with Gasteiger partial charge in [0, 0.05) is 24.2 Å². The number of fused-ring (bicyclic) bond motifs is 1. The molecule has 4 heteroatoms. The van der Waals surface area contributed by atoms with Crippen LogP contribution in [-0.4, -0.2) is 17.4 Å². The molecule has 0 saturated carbocycles. The van der Waals surface area contributed by atoms with Crippen LogP contribution in [0.2, 0.25) is 0 Å².